The SMILES string of the molecule is COC(=O)c1ccc(I)c(CS(=O)(=O)c2ccc(C)cc2)c1. The zero-order valence-electron chi connectivity index (χ0n) is 12.2. The molecule has 0 bridgehead atoms. The Morgan fingerprint density at radius 1 is 1.14 bits per heavy atom. The zero-order chi connectivity index (χ0) is 16.3. The van der Waals surface area contributed by atoms with Gasteiger partial charge < -0.3 is 4.74 Å². The molecule has 0 spiro atoms. The molecule has 0 saturated heterocycles. The van der Waals surface area contributed by atoms with Gasteiger partial charge in [0, 0.05) is 3.57 Å². The molecular formula is C16H15IO4S. The van der Waals surface area contributed by atoms with E-state index < -0.39 is 15.8 Å². The van der Waals surface area contributed by atoms with E-state index in [9.17, 15) is 13.2 Å². The van der Waals surface area contributed by atoms with Gasteiger partial charge in [0.05, 0.1) is 23.3 Å². The Kier molecular flexibility index (Phi) is 5.23. The number of carbonyl (C=O) groups excluding carboxylic acids is 1. The highest BCUT2D eigenvalue weighted by Crippen LogP contribution is 2.22. The molecule has 2 aromatic carbocycles. The van der Waals surface area contributed by atoms with Gasteiger partial charge in [0.25, 0.3) is 0 Å². The highest BCUT2D eigenvalue weighted by molar-refractivity contribution is 14.1. The van der Waals surface area contributed by atoms with Crippen molar-refractivity contribution in [2.75, 3.05) is 7.11 Å². The number of hydrogen-bond donors (Lipinski definition) is 0. The Balaban J connectivity index is 2.37. The molecule has 0 radical (unpaired) electrons. The van der Waals surface area contributed by atoms with Crippen molar-refractivity contribution in [3.05, 3.63) is 62.7 Å². The molecule has 2 aromatic rings. The fourth-order valence-electron chi connectivity index (χ4n) is 1.96. The van der Waals surface area contributed by atoms with E-state index in [4.69, 9.17) is 0 Å². The van der Waals surface area contributed by atoms with Crippen LogP contribution in [0.5, 0.6) is 0 Å². The minimum atomic E-state index is -3.46. The monoisotopic (exact) mass is 430 g/mol. The van der Waals surface area contributed by atoms with Crippen LogP contribution in [0.1, 0.15) is 21.5 Å². The predicted octanol–water partition coefficient (Wildman–Crippen LogP) is 3.36. The summed E-state index contributed by atoms with van der Waals surface area (Å²) in [6, 6.07) is 11.6. The minimum absolute atomic E-state index is 0.154. The van der Waals surface area contributed by atoms with Gasteiger partial charge in [0.2, 0.25) is 0 Å². The van der Waals surface area contributed by atoms with Gasteiger partial charge in [-0.3, -0.25) is 0 Å². The standard InChI is InChI=1S/C16H15IO4S/c1-11-3-6-14(7-4-11)22(19,20)10-13-9-12(16(18)21-2)5-8-15(13)17/h3-9H,10H2,1-2H3. The molecule has 22 heavy (non-hydrogen) atoms. The third kappa shape index (κ3) is 3.86. The average Bonchev–Trinajstić information content (AvgIpc) is 2.49. The van der Waals surface area contributed by atoms with Gasteiger partial charge in [0.1, 0.15) is 0 Å². The maximum Gasteiger partial charge on any atom is 0.337 e. The molecule has 0 aliphatic rings. The summed E-state index contributed by atoms with van der Waals surface area (Å²) in [5, 5.41) is 0. The van der Waals surface area contributed by atoms with Crippen LogP contribution in [0.4, 0.5) is 0 Å². The number of halogens is 1. The molecule has 0 aliphatic carbocycles. The summed E-state index contributed by atoms with van der Waals surface area (Å²) in [6.07, 6.45) is 0. The molecule has 6 heteroatoms. The summed E-state index contributed by atoms with van der Waals surface area (Å²) in [6.45, 7) is 1.90. The number of carbonyl (C=O) groups is 1. The quantitative estimate of drug-likeness (QED) is 0.552. The third-order valence-corrected chi connectivity index (χ3v) is 5.93. The van der Waals surface area contributed by atoms with Crippen molar-refractivity contribution in [3.63, 3.8) is 0 Å². The van der Waals surface area contributed by atoms with E-state index in [0.29, 0.717) is 11.1 Å². The lowest BCUT2D eigenvalue weighted by Gasteiger charge is -2.09. The second-order valence-corrected chi connectivity index (χ2v) is 8.02. The maximum atomic E-state index is 12.5. The van der Waals surface area contributed by atoms with Crippen LogP contribution >= 0.6 is 22.6 Å². The second-order valence-electron chi connectivity index (χ2n) is 4.87. The predicted molar refractivity (Wildman–Crippen MR) is 92.6 cm³/mol. The number of benzene rings is 2. The lowest BCUT2D eigenvalue weighted by molar-refractivity contribution is 0.0600. The fourth-order valence-corrected chi connectivity index (χ4v) is 4.11. The van der Waals surface area contributed by atoms with Crippen LogP contribution in [0.3, 0.4) is 0 Å². The molecule has 0 saturated carbocycles. The number of methoxy groups -OCH3 is 1. The fraction of sp³-hybridized carbons (Fsp3) is 0.188. The van der Waals surface area contributed by atoms with E-state index in [1.54, 1.807) is 42.5 Å². The first-order chi connectivity index (χ1) is 10.3. The summed E-state index contributed by atoms with van der Waals surface area (Å²) in [7, 11) is -2.16. The van der Waals surface area contributed by atoms with Crippen LogP contribution in [0.15, 0.2) is 47.4 Å². The van der Waals surface area contributed by atoms with Crippen LogP contribution in [-0.4, -0.2) is 21.5 Å². The number of esters is 1. The van der Waals surface area contributed by atoms with Crippen LogP contribution in [0, 0.1) is 10.5 Å². The largest absolute Gasteiger partial charge is 0.465 e. The molecule has 0 unspecified atom stereocenters. The van der Waals surface area contributed by atoms with Gasteiger partial charge >= 0.3 is 5.97 Å². The summed E-state index contributed by atoms with van der Waals surface area (Å²) < 4.78 is 30.5. The maximum absolute atomic E-state index is 12.5. The molecule has 0 fully saturated rings. The van der Waals surface area contributed by atoms with Crippen molar-refractivity contribution in [2.45, 2.75) is 17.6 Å². The van der Waals surface area contributed by atoms with E-state index in [2.05, 4.69) is 27.3 Å². The number of ether oxygens (including phenoxy) is 1. The highest BCUT2D eigenvalue weighted by Gasteiger charge is 2.18. The van der Waals surface area contributed by atoms with Crippen molar-refractivity contribution in [3.8, 4) is 0 Å². The smallest absolute Gasteiger partial charge is 0.337 e. The Hall–Kier alpha value is -1.41. The lowest BCUT2D eigenvalue weighted by Crippen LogP contribution is -2.08. The normalized spacial score (nSPS) is 11.2. The third-order valence-electron chi connectivity index (χ3n) is 3.19. The molecule has 4 nitrogen and oxygen atoms in total. The number of sulfone groups is 1. The summed E-state index contributed by atoms with van der Waals surface area (Å²) in [4.78, 5) is 11.9. The Bertz CT molecular complexity index is 795. The number of rotatable bonds is 4. The molecular weight excluding hydrogens is 415 g/mol. The van der Waals surface area contributed by atoms with Gasteiger partial charge in [-0.05, 0) is 65.4 Å². The van der Waals surface area contributed by atoms with Crippen molar-refractivity contribution in [1.82, 2.24) is 0 Å². The molecule has 0 atom stereocenters. The van der Waals surface area contributed by atoms with Crippen molar-refractivity contribution < 1.29 is 17.9 Å². The van der Waals surface area contributed by atoms with Gasteiger partial charge in [-0.15, -0.1) is 0 Å². The topological polar surface area (TPSA) is 60.4 Å². The van der Waals surface area contributed by atoms with Crippen molar-refractivity contribution in [1.29, 1.82) is 0 Å². The first kappa shape index (κ1) is 17.0. The Morgan fingerprint density at radius 3 is 2.36 bits per heavy atom. The zero-order valence-corrected chi connectivity index (χ0v) is 15.1. The first-order valence-corrected chi connectivity index (χ1v) is 9.23. The average molecular weight is 430 g/mol. The Labute approximate surface area is 143 Å². The molecule has 0 N–H and O–H groups in total. The van der Waals surface area contributed by atoms with E-state index in [1.165, 1.54) is 7.11 Å². The van der Waals surface area contributed by atoms with E-state index in [-0.39, 0.29) is 10.6 Å². The van der Waals surface area contributed by atoms with E-state index in [0.717, 1.165) is 9.13 Å². The lowest BCUT2D eigenvalue weighted by atomic mass is 10.1. The first-order valence-electron chi connectivity index (χ1n) is 6.49. The van der Waals surface area contributed by atoms with Crippen molar-refractivity contribution >= 4 is 38.4 Å². The summed E-state index contributed by atoms with van der Waals surface area (Å²) in [5.41, 5.74) is 1.93. The molecule has 0 aliphatic heterocycles. The van der Waals surface area contributed by atoms with E-state index in [1.807, 2.05) is 6.92 Å². The molecule has 0 amide bonds. The van der Waals surface area contributed by atoms with Gasteiger partial charge in [-0.25, -0.2) is 13.2 Å². The van der Waals surface area contributed by atoms with Crippen LogP contribution in [-0.2, 0) is 20.3 Å². The summed E-state index contributed by atoms with van der Waals surface area (Å²) >= 11 is 2.06. The second kappa shape index (κ2) is 6.78. The molecule has 0 aromatic heterocycles. The van der Waals surface area contributed by atoms with E-state index >= 15 is 0 Å². The van der Waals surface area contributed by atoms with Crippen LogP contribution in [0.2, 0.25) is 0 Å². The van der Waals surface area contributed by atoms with Crippen LogP contribution in [0.25, 0.3) is 0 Å². The minimum Gasteiger partial charge on any atom is -0.465 e. The van der Waals surface area contributed by atoms with Gasteiger partial charge in [-0.2, -0.15) is 0 Å². The molecule has 0 heterocycles. The molecule has 2 rings (SSSR count). The molecule has 116 valence electrons. The number of hydrogen-bond acceptors (Lipinski definition) is 4. The number of aryl methyl sites for hydroxylation is 1. The van der Waals surface area contributed by atoms with Gasteiger partial charge in [-0.1, -0.05) is 17.7 Å². The van der Waals surface area contributed by atoms with Crippen LogP contribution < -0.4 is 0 Å². The highest BCUT2D eigenvalue weighted by atomic mass is 127. The Morgan fingerprint density at radius 2 is 1.77 bits per heavy atom. The van der Waals surface area contributed by atoms with Gasteiger partial charge in [0.15, 0.2) is 9.84 Å². The summed E-state index contributed by atoms with van der Waals surface area (Å²) in [5.74, 6) is -0.635. The van der Waals surface area contributed by atoms with Crippen molar-refractivity contribution in [2.24, 2.45) is 0 Å².